The molecule has 0 bridgehead atoms. The summed E-state index contributed by atoms with van der Waals surface area (Å²) in [5, 5.41) is 4.33. The van der Waals surface area contributed by atoms with Gasteiger partial charge in [-0.3, -0.25) is 9.13 Å². The molecule has 0 saturated carbocycles. The third-order valence-corrected chi connectivity index (χ3v) is 14.7. The Labute approximate surface area is 431 Å². The van der Waals surface area contributed by atoms with E-state index in [1.807, 2.05) is 91.0 Å². The molecule has 71 heavy (non-hydrogen) atoms. The molecule has 7 nitrogen and oxygen atoms in total. The van der Waals surface area contributed by atoms with E-state index in [9.17, 15) is 11.0 Å². The van der Waals surface area contributed by atoms with E-state index in [4.69, 9.17) is 25.9 Å². The number of thiophene rings is 1. The minimum Gasteiger partial charge on any atom is -0.308 e. The second-order valence-corrected chi connectivity index (χ2v) is 18.2. The standard InChI is InChI=1S/C63H37N7S/c1-9-26-47-38(18-1)39-19-2-10-27-48(39)67(47)54-33-17-34-55(68-49-28-11-7-24-44(49)45-36-37-57-58(60(45)68)46-25-8-16-35-56(46)71-57)59(54)61-64-62(69-50-29-12-3-20-40(50)41-21-4-13-30-51(41)69)66-63(65-61)70-52-31-14-5-22-42(52)43-23-6-15-32-53(43)70/h1-37H/i1D,2D,3D,4D,9D,10D,12D,13D,18D,19D,20D,21D,26D,27D,29D,30D. The van der Waals surface area contributed by atoms with E-state index in [1.165, 1.54) is 9.13 Å². The molecule has 0 atom stereocenters. The fourth-order valence-electron chi connectivity index (χ4n) is 10.7. The number of benzene rings is 10. The quantitative estimate of drug-likeness (QED) is 0.173. The Morgan fingerprint density at radius 3 is 1.32 bits per heavy atom. The summed E-state index contributed by atoms with van der Waals surface area (Å²) in [4.78, 5) is 16.1. The van der Waals surface area contributed by atoms with Gasteiger partial charge in [0.25, 0.3) is 0 Å². The first-order valence-electron chi connectivity index (χ1n) is 30.6. The van der Waals surface area contributed by atoms with Crippen LogP contribution in [-0.2, 0) is 0 Å². The third kappa shape index (κ3) is 5.34. The van der Waals surface area contributed by atoms with E-state index in [0.29, 0.717) is 22.2 Å². The highest BCUT2D eigenvalue weighted by atomic mass is 32.1. The van der Waals surface area contributed by atoms with Crippen LogP contribution in [0, 0.1) is 0 Å². The second-order valence-electron chi connectivity index (χ2n) is 17.2. The smallest absolute Gasteiger partial charge is 0.240 e. The zero-order valence-electron chi connectivity index (χ0n) is 52.7. The number of aromatic nitrogens is 7. The summed E-state index contributed by atoms with van der Waals surface area (Å²) in [5.74, 6) is -0.638. The molecule has 0 spiro atoms. The van der Waals surface area contributed by atoms with Gasteiger partial charge >= 0.3 is 0 Å². The van der Waals surface area contributed by atoms with Gasteiger partial charge in [-0.25, -0.2) is 0 Å². The molecule has 0 aliphatic heterocycles. The molecule has 16 rings (SSSR count). The first-order valence-corrected chi connectivity index (χ1v) is 23.5. The second kappa shape index (κ2) is 14.6. The molecule has 0 fully saturated rings. The third-order valence-electron chi connectivity index (χ3n) is 13.6. The van der Waals surface area contributed by atoms with Crippen molar-refractivity contribution >= 4 is 119 Å². The van der Waals surface area contributed by atoms with Gasteiger partial charge in [0.05, 0.1) is 83.0 Å². The van der Waals surface area contributed by atoms with Crippen LogP contribution < -0.4 is 0 Å². The Hall–Kier alpha value is -9.37. The van der Waals surface area contributed by atoms with Crippen LogP contribution in [0.4, 0.5) is 0 Å². The molecule has 16 aromatic rings. The van der Waals surface area contributed by atoms with E-state index in [-0.39, 0.29) is 72.6 Å². The van der Waals surface area contributed by atoms with Gasteiger partial charge in [0, 0.05) is 63.3 Å². The largest absolute Gasteiger partial charge is 0.308 e. The summed E-state index contributed by atoms with van der Waals surface area (Å²) >= 11 is 1.61. The maximum Gasteiger partial charge on any atom is 0.240 e. The first-order chi connectivity index (χ1) is 41.9. The van der Waals surface area contributed by atoms with Crippen LogP contribution >= 0.6 is 11.3 Å². The average molecular weight is 940 g/mol. The molecule has 6 aromatic heterocycles. The molecule has 0 N–H and O–H groups in total. The number of hydrogen-bond acceptors (Lipinski definition) is 4. The Morgan fingerprint density at radius 2 is 0.761 bits per heavy atom. The van der Waals surface area contributed by atoms with Gasteiger partial charge < -0.3 is 9.13 Å². The summed E-state index contributed by atoms with van der Waals surface area (Å²) in [6.45, 7) is 0. The highest BCUT2D eigenvalue weighted by molar-refractivity contribution is 7.26. The van der Waals surface area contributed by atoms with Crippen molar-refractivity contribution in [1.29, 1.82) is 0 Å². The van der Waals surface area contributed by atoms with Crippen molar-refractivity contribution in [3.05, 3.63) is 224 Å². The lowest BCUT2D eigenvalue weighted by Gasteiger charge is -2.20. The topological polar surface area (TPSA) is 58.4 Å². The maximum atomic E-state index is 9.73. The molecule has 0 aliphatic carbocycles. The minimum absolute atomic E-state index is 0.0622. The van der Waals surface area contributed by atoms with Crippen molar-refractivity contribution in [2.45, 2.75) is 0 Å². The van der Waals surface area contributed by atoms with Crippen molar-refractivity contribution in [3.8, 4) is 34.7 Å². The lowest BCUT2D eigenvalue weighted by atomic mass is 10.1. The van der Waals surface area contributed by atoms with Gasteiger partial charge in [-0.15, -0.1) is 11.3 Å². The lowest BCUT2D eigenvalue weighted by molar-refractivity contribution is 0.891. The highest BCUT2D eigenvalue weighted by Gasteiger charge is 2.28. The Kier molecular flexibility index (Phi) is 5.42. The van der Waals surface area contributed by atoms with Gasteiger partial charge in [-0.1, -0.05) is 157 Å². The molecule has 330 valence electrons. The van der Waals surface area contributed by atoms with Crippen molar-refractivity contribution in [3.63, 3.8) is 0 Å². The average Bonchev–Trinajstić information content (AvgIpc) is 1.70. The van der Waals surface area contributed by atoms with Crippen LogP contribution in [0.25, 0.3) is 142 Å². The van der Waals surface area contributed by atoms with Crippen molar-refractivity contribution < 1.29 is 21.9 Å². The number of para-hydroxylation sites is 7. The number of nitrogens with zero attached hydrogens (tertiary/aromatic N) is 7. The molecule has 0 saturated heterocycles. The normalized spacial score (nSPS) is 15.4. The molecule has 8 heteroatoms. The van der Waals surface area contributed by atoms with Crippen LogP contribution in [0.1, 0.15) is 21.9 Å². The molecule has 0 unspecified atom stereocenters. The van der Waals surface area contributed by atoms with E-state index >= 15 is 0 Å². The van der Waals surface area contributed by atoms with Gasteiger partial charge in [0.2, 0.25) is 11.9 Å². The number of hydrogen-bond donors (Lipinski definition) is 0. The zero-order chi connectivity index (χ0) is 60.2. The van der Waals surface area contributed by atoms with Crippen LogP contribution in [0.3, 0.4) is 0 Å². The molecular weight excluding hydrogens is 887 g/mol. The predicted octanol–water partition coefficient (Wildman–Crippen LogP) is 16.3. The SMILES string of the molecule is [2H]c1c([2H])c([2H])c2c(c1[2H])c1c([2H])c([2H])c([2H])c([2H])c1n2-c1nc(-c2c(-n3c4c([2H])c([2H])c([2H])c([2H])c4c4c([2H])c([2H])c([2H])c([2H])c43)cccc2-n2c3ccccc3c3ccc4sc5ccccc5c4c32)nc(-n2c3ccccc3c3ccccc32)n1. The molecule has 0 radical (unpaired) electrons. The molecule has 6 heterocycles. The molecule has 0 aliphatic rings. The van der Waals surface area contributed by atoms with Crippen molar-refractivity contribution in [2.24, 2.45) is 0 Å². The van der Waals surface area contributed by atoms with Gasteiger partial charge in [-0.2, -0.15) is 15.0 Å². The van der Waals surface area contributed by atoms with Crippen LogP contribution in [0.2, 0.25) is 0 Å². The fraction of sp³-hybridized carbons (Fsp3) is 0. The van der Waals surface area contributed by atoms with Gasteiger partial charge in [0.15, 0.2) is 5.82 Å². The zero-order valence-corrected chi connectivity index (χ0v) is 37.5. The van der Waals surface area contributed by atoms with Gasteiger partial charge in [-0.05, 0) is 66.6 Å². The predicted molar refractivity (Wildman–Crippen MR) is 296 cm³/mol. The number of fused-ring (bicyclic) bond motifs is 16. The maximum absolute atomic E-state index is 9.73. The monoisotopic (exact) mass is 939 g/mol. The highest BCUT2D eigenvalue weighted by Crippen LogP contribution is 2.46. The van der Waals surface area contributed by atoms with E-state index in [2.05, 4.69) is 28.8 Å². The first kappa shape index (κ1) is 26.4. The minimum atomic E-state index is -0.671. The fourth-order valence-corrected chi connectivity index (χ4v) is 11.8. The Morgan fingerprint density at radius 1 is 0.324 bits per heavy atom. The van der Waals surface area contributed by atoms with E-state index in [0.717, 1.165) is 47.2 Å². The molecule has 0 amide bonds. The summed E-state index contributed by atoms with van der Waals surface area (Å²) in [5.41, 5.74) is 2.27. The number of rotatable bonds is 5. The van der Waals surface area contributed by atoms with E-state index < -0.39 is 96.7 Å². The summed E-state index contributed by atoms with van der Waals surface area (Å²) < 4.78 is 157. The van der Waals surface area contributed by atoms with Gasteiger partial charge in [0.1, 0.15) is 0 Å². The van der Waals surface area contributed by atoms with Crippen LogP contribution in [0.15, 0.2) is 224 Å². The Balaban J connectivity index is 1.18. The summed E-state index contributed by atoms with van der Waals surface area (Å²) in [6, 6.07) is 30.5. The summed E-state index contributed by atoms with van der Waals surface area (Å²) in [7, 11) is 0. The molecular formula is C63H37N7S. The molecule has 10 aromatic carbocycles. The van der Waals surface area contributed by atoms with Crippen LogP contribution in [-0.4, -0.2) is 33.2 Å². The van der Waals surface area contributed by atoms with Crippen LogP contribution in [0.5, 0.6) is 0 Å². The van der Waals surface area contributed by atoms with E-state index in [1.54, 1.807) is 28.0 Å². The van der Waals surface area contributed by atoms with Crippen molar-refractivity contribution in [1.82, 2.24) is 33.2 Å². The summed E-state index contributed by atoms with van der Waals surface area (Å²) in [6.07, 6.45) is 0. The lowest BCUT2D eigenvalue weighted by Crippen LogP contribution is -2.12. The van der Waals surface area contributed by atoms with Crippen molar-refractivity contribution in [2.75, 3.05) is 0 Å². The Bertz CT molecular complexity index is 5670.